The van der Waals surface area contributed by atoms with Crippen LogP contribution in [0.1, 0.15) is 24.9 Å². The number of sulfone groups is 1. The molecule has 0 bridgehead atoms. The molecule has 0 aliphatic rings. The van der Waals surface area contributed by atoms with Crippen molar-refractivity contribution < 1.29 is 8.42 Å². The van der Waals surface area contributed by atoms with Gasteiger partial charge in [0.25, 0.3) is 0 Å². The molecule has 1 aromatic rings. The van der Waals surface area contributed by atoms with Gasteiger partial charge in [-0.1, -0.05) is 30.7 Å². The molecule has 0 saturated carbocycles. The van der Waals surface area contributed by atoms with Crippen molar-refractivity contribution >= 4 is 21.4 Å². The summed E-state index contributed by atoms with van der Waals surface area (Å²) in [5.74, 6) is 0.0906. The van der Waals surface area contributed by atoms with Crippen LogP contribution in [0.3, 0.4) is 0 Å². The van der Waals surface area contributed by atoms with E-state index in [4.69, 9.17) is 11.6 Å². The predicted octanol–water partition coefficient (Wildman–Crippen LogP) is 2.43. The molecular formula is C12H18ClNO2S. The lowest BCUT2D eigenvalue weighted by atomic mass is 10.1. The summed E-state index contributed by atoms with van der Waals surface area (Å²) in [6, 6.07) is 7.12. The molecule has 1 aromatic carbocycles. The van der Waals surface area contributed by atoms with Gasteiger partial charge in [0.1, 0.15) is 9.84 Å². The van der Waals surface area contributed by atoms with Crippen molar-refractivity contribution in [2.24, 2.45) is 0 Å². The summed E-state index contributed by atoms with van der Waals surface area (Å²) >= 11 is 5.92. The molecule has 3 nitrogen and oxygen atoms in total. The van der Waals surface area contributed by atoms with E-state index in [-0.39, 0.29) is 11.8 Å². The standard InChI is InChI=1S/C12H18ClNO2S/c1-3-7-14-12(9-17(2,15)16)10-5-4-6-11(13)8-10/h4-6,8,12,14H,3,7,9H2,1-2H3. The van der Waals surface area contributed by atoms with E-state index < -0.39 is 9.84 Å². The summed E-state index contributed by atoms with van der Waals surface area (Å²) in [5, 5.41) is 3.86. The third-order valence-corrected chi connectivity index (χ3v) is 3.54. The largest absolute Gasteiger partial charge is 0.309 e. The van der Waals surface area contributed by atoms with E-state index in [9.17, 15) is 8.42 Å². The lowest BCUT2D eigenvalue weighted by Gasteiger charge is -2.18. The monoisotopic (exact) mass is 275 g/mol. The highest BCUT2D eigenvalue weighted by Crippen LogP contribution is 2.19. The van der Waals surface area contributed by atoms with Crippen molar-refractivity contribution in [2.45, 2.75) is 19.4 Å². The average Bonchev–Trinajstić information content (AvgIpc) is 2.22. The van der Waals surface area contributed by atoms with Crippen molar-refractivity contribution in [2.75, 3.05) is 18.6 Å². The molecule has 96 valence electrons. The lowest BCUT2D eigenvalue weighted by molar-refractivity contribution is 0.549. The first-order chi connectivity index (χ1) is 7.92. The Hall–Kier alpha value is -0.580. The normalized spacial score (nSPS) is 13.6. The summed E-state index contributed by atoms with van der Waals surface area (Å²) in [4.78, 5) is 0. The van der Waals surface area contributed by atoms with Crippen LogP contribution in [0.15, 0.2) is 24.3 Å². The molecule has 5 heteroatoms. The fourth-order valence-corrected chi connectivity index (χ4v) is 2.73. The molecular weight excluding hydrogens is 258 g/mol. The summed E-state index contributed by atoms with van der Waals surface area (Å²) < 4.78 is 22.8. The Morgan fingerprint density at radius 3 is 2.65 bits per heavy atom. The van der Waals surface area contributed by atoms with Crippen molar-refractivity contribution in [3.63, 3.8) is 0 Å². The molecule has 1 N–H and O–H groups in total. The van der Waals surface area contributed by atoms with Gasteiger partial charge in [0.15, 0.2) is 0 Å². The van der Waals surface area contributed by atoms with Crippen LogP contribution in [0, 0.1) is 0 Å². The van der Waals surface area contributed by atoms with Gasteiger partial charge in [0, 0.05) is 17.3 Å². The van der Waals surface area contributed by atoms with E-state index in [1.165, 1.54) is 6.26 Å². The second kappa shape index (κ2) is 6.38. The van der Waals surface area contributed by atoms with Crippen LogP contribution in [0.2, 0.25) is 5.02 Å². The molecule has 0 amide bonds. The third-order valence-electron chi connectivity index (χ3n) is 2.36. The Bertz CT molecular complexity index is 459. The van der Waals surface area contributed by atoms with Gasteiger partial charge < -0.3 is 5.32 Å². The van der Waals surface area contributed by atoms with Crippen molar-refractivity contribution in [1.82, 2.24) is 5.32 Å². The van der Waals surface area contributed by atoms with Crippen LogP contribution in [-0.2, 0) is 9.84 Å². The minimum Gasteiger partial charge on any atom is -0.309 e. The molecule has 1 rings (SSSR count). The van der Waals surface area contributed by atoms with E-state index in [1.807, 2.05) is 19.1 Å². The number of nitrogens with one attached hydrogen (secondary N) is 1. The Balaban J connectivity index is 2.89. The van der Waals surface area contributed by atoms with Gasteiger partial charge >= 0.3 is 0 Å². The Morgan fingerprint density at radius 1 is 1.41 bits per heavy atom. The summed E-state index contributed by atoms with van der Waals surface area (Å²) in [6.45, 7) is 2.83. The quantitative estimate of drug-likeness (QED) is 0.867. The second-order valence-electron chi connectivity index (χ2n) is 4.15. The number of rotatable bonds is 6. The highest BCUT2D eigenvalue weighted by molar-refractivity contribution is 7.90. The summed E-state index contributed by atoms with van der Waals surface area (Å²) in [5.41, 5.74) is 0.913. The van der Waals surface area contributed by atoms with Crippen LogP contribution >= 0.6 is 11.6 Å². The number of hydrogen-bond acceptors (Lipinski definition) is 3. The van der Waals surface area contributed by atoms with Crippen LogP contribution in [0.25, 0.3) is 0 Å². The molecule has 0 fully saturated rings. The number of hydrogen-bond donors (Lipinski definition) is 1. The van der Waals surface area contributed by atoms with Gasteiger partial charge in [0.05, 0.1) is 5.75 Å². The molecule has 0 saturated heterocycles. The maximum Gasteiger partial charge on any atom is 0.149 e. The van der Waals surface area contributed by atoms with E-state index in [2.05, 4.69) is 5.32 Å². The van der Waals surface area contributed by atoms with E-state index in [1.54, 1.807) is 12.1 Å². The molecule has 1 atom stereocenters. The van der Waals surface area contributed by atoms with Gasteiger partial charge in [-0.25, -0.2) is 8.42 Å². The van der Waals surface area contributed by atoms with E-state index in [0.717, 1.165) is 18.5 Å². The van der Waals surface area contributed by atoms with Gasteiger partial charge in [-0.15, -0.1) is 0 Å². The zero-order chi connectivity index (χ0) is 12.9. The fraction of sp³-hybridized carbons (Fsp3) is 0.500. The van der Waals surface area contributed by atoms with Crippen LogP contribution in [-0.4, -0.2) is 27.0 Å². The van der Waals surface area contributed by atoms with Gasteiger partial charge in [-0.3, -0.25) is 0 Å². The summed E-state index contributed by atoms with van der Waals surface area (Å²) in [7, 11) is -3.02. The fourth-order valence-electron chi connectivity index (χ4n) is 1.62. The summed E-state index contributed by atoms with van der Waals surface area (Å²) in [6.07, 6.45) is 2.21. The second-order valence-corrected chi connectivity index (χ2v) is 6.78. The van der Waals surface area contributed by atoms with Gasteiger partial charge in [0.2, 0.25) is 0 Å². The van der Waals surface area contributed by atoms with Crippen molar-refractivity contribution in [3.8, 4) is 0 Å². The maximum atomic E-state index is 11.4. The molecule has 0 radical (unpaired) electrons. The first-order valence-electron chi connectivity index (χ1n) is 5.59. The Kier molecular flexibility index (Phi) is 5.43. The molecule has 1 unspecified atom stereocenters. The van der Waals surface area contributed by atoms with Crippen molar-refractivity contribution in [3.05, 3.63) is 34.9 Å². The topological polar surface area (TPSA) is 46.2 Å². The highest BCUT2D eigenvalue weighted by Gasteiger charge is 2.16. The SMILES string of the molecule is CCCNC(CS(C)(=O)=O)c1cccc(Cl)c1. The van der Waals surface area contributed by atoms with Gasteiger partial charge in [-0.2, -0.15) is 0 Å². The molecule has 0 heterocycles. The third kappa shape index (κ3) is 5.52. The Morgan fingerprint density at radius 2 is 2.12 bits per heavy atom. The number of halogens is 1. The average molecular weight is 276 g/mol. The minimum atomic E-state index is -3.02. The molecule has 0 aliphatic carbocycles. The van der Waals surface area contributed by atoms with Crippen LogP contribution in [0.4, 0.5) is 0 Å². The number of benzene rings is 1. The molecule has 0 aromatic heterocycles. The van der Waals surface area contributed by atoms with Crippen molar-refractivity contribution in [1.29, 1.82) is 0 Å². The van der Waals surface area contributed by atoms with Gasteiger partial charge in [-0.05, 0) is 30.7 Å². The minimum absolute atomic E-state index is 0.0906. The van der Waals surface area contributed by atoms with E-state index in [0.29, 0.717) is 5.02 Å². The first-order valence-corrected chi connectivity index (χ1v) is 8.03. The lowest BCUT2D eigenvalue weighted by Crippen LogP contribution is -2.28. The molecule has 0 spiro atoms. The zero-order valence-corrected chi connectivity index (χ0v) is 11.7. The van der Waals surface area contributed by atoms with Crippen LogP contribution in [0.5, 0.6) is 0 Å². The Labute approximate surface area is 108 Å². The predicted molar refractivity (Wildman–Crippen MR) is 72.2 cm³/mol. The highest BCUT2D eigenvalue weighted by atomic mass is 35.5. The molecule has 17 heavy (non-hydrogen) atoms. The molecule has 0 aliphatic heterocycles. The smallest absolute Gasteiger partial charge is 0.149 e. The zero-order valence-electron chi connectivity index (χ0n) is 10.1. The van der Waals surface area contributed by atoms with E-state index >= 15 is 0 Å². The van der Waals surface area contributed by atoms with Crippen LogP contribution < -0.4 is 5.32 Å². The maximum absolute atomic E-state index is 11.4. The first kappa shape index (κ1) is 14.5.